The fourth-order valence-corrected chi connectivity index (χ4v) is 2.47. The molecule has 21 heavy (non-hydrogen) atoms. The maximum atomic E-state index is 12.1. The second kappa shape index (κ2) is 6.61. The molecule has 114 valence electrons. The maximum absolute atomic E-state index is 12.1. The molecule has 1 aliphatic heterocycles. The lowest BCUT2D eigenvalue weighted by Crippen LogP contribution is -2.36. The first-order chi connectivity index (χ1) is 9.97. The molecule has 1 fully saturated rings. The van der Waals surface area contributed by atoms with E-state index in [2.05, 4.69) is 10.6 Å². The molecule has 0 aliphatic carbocycles. The van der Waals surface area contributed by atoms with Crippen LogP contribution in [0.3, 0.4) is 0 Å². The molecule has 5 heteroatoms. The van der Waals surface area contributed by atoms with E-state index in [1.54, 1.807) is 0 Å². The third-order valence-electron chi connectivity index (χ3n) is 3.50. The Morgan fingerprint density at radius 2 is 2.05 bits per heavy atom. The van der Waals surface area contributed by atoms with Gasteiger partial charge in [-0.2, -0.15) is 0 Å². The summed E-state index contributed by atoms with van der Waals surface area (Å²) >= 11 is 0. The van der Waals surface area contributed by atoms with Gasteiger partial charge in [0.05, 0.1) is 0 Å². The van der Waals surface area contributed by atoms with Crippen LogP contribution in [-0.4, -0.2) is 24.5 Å². The highest BCUT2D eigenvalue weighted by molar-refractivity contribution is 5.96. The Labute approximate surface area is 125 Å². The van der Waals surface area contributed by atoms with Crippen molar-refractivity contribution in [1.29, 1.82) is 0 Å². The van der Waals surface area contributed by atoms with Gasteiger partial charge in [-0.3, -0.25) is 4.79 Å². The predicted octanol–water partition coefficient (Wildman–Crippen LogP) is 3.04. The van der Waals surface area contributed by atoms with Crippen LogP contribution in [0, 0.1) is 6.92 Å². The molecule has 0 radical (unpaired) electrons. The van der Waals surface area contributed by atoms with E-state index >= 15 is 0 Å². The minimum Gasteiger partial charge on any atom is -0.336 e. The highest BCUT2D eigenvalue weighted by atomic mass is 16.2. The molecule has 1 heterocycles. The molecule has 1 aromatic rings. The predicted molar refractivity (Wildman–Crippen MR) is 84.7 cm³/mol. The van der Waals surface area contributed by atoms with Crippen molar-refractivity contribution in [2.24, 2.45) is 0 Å². The molecule has 0 unspecified atom stereocenters. The van der Waals surface area contributed by atoms with Crippen LogP contribution < -0.4 is 15.5 Å². The second-order valence-corrected chi connectivity index (χ2v) is 5.76. The van der Waals surface area contributed by atoms with E-state index in [1.165, 1.54) is 0 Å². The summed E-state index contributed by atoms with van der Waals surface area (Å²) in [6, 6.07) is 5.51. The Bertz CT molecular complexity index is 540. The van der Waals surface area contributed by atoms with Gasteiger partial charge >= 0.3 is 6.03 Å². The largest absolute Gasteiger partial charge is 0.336 e. The molecule has 1 saturated heterocycles. The van der Waals surface area contributed by atoms with Gasteiger partial charge in [-0.15, -0.1) is 0 Å². The third-order valence-corrected chi connectivity index (χ3v) is 3.50. The number of carbonyl (C=O) groups is 2. The fourth-order valence-electron chi connectivity index (χ4n) is 2.47. The number of rotatable bonds is 3. The summed E-state index contributed by atoms with van der Waals surface area (Å²) < 4.78 is 0. The maximum Gasteiger partial charge on any atom is 0.319 e. The van der Waals surface area contributed by atoms with Gasteiger partial charge in [0.15, 0.2) is 0 Å². The highest BCUT2D eigenvalue weighted by Gasteiger charge is 2.21. The highest BCUT2D eigenvalue weighted by Crippen LogP contribution is 2.27. The average molecular weight is 289 g/mol. The average Bonchev–Trinajstić information content (AvgIpc) is 2.41. The van der Waals surface area contributed by atoms with Crippen LogP contribution in [0.15, 0.2) is 18.2 Å². The van der Waals surface area contributed by atoms with E-state index in [0.29, 0.717) is 12.1 Å². The SMILES string of the molecule is Cc1ccc(NC(=O)NC(C)C)cc1N1CCCCC1=O. The van der Waals surface area contributed by atoms with Crippen molar-refractivity contribution in [2.45, 2.75) is 46.1 Å². The monoisotopic (exact) mass is 289 g/mol. The molecule has 0 saturated carbocycles. The zero-order valence-corrected chi connectivity index (χ0v) is 12.9. The smallest absolute Gasteiger partial charge is 0.319 e. The molecule has 1 aromatic carbocycles. The van der Waals surface area contributed by atoms with E-state index in [-0.39, 0.29) is 18.0 Å². The quantitative estimate of drug-likeness (QED) is 0.898. The van der Waals surface area contributed by atoms with Crippen molar-refractivity contribution in [3.63, 3.8) is 0 Å². The van der Waals surface area contributed by atoms with Gasteiger partial charge in [-0.25, -0.2) is 4.79 Å². The minimum absolute atomic E-state index is 0.0820. The summed E-state index contributed by atoms with van der Waals surface area (Å²) in [6.45, 7) is 6.55. The van der Waals surface area contributed by atoms with Crippen molar-refractivity contribution in [1.82, 2.24) is 5.32 Å². The van der Waals surface area contributed by atoms with E-state index in [1.807, 2.05) is 43.9 Å². The van der Waals surface area contributed by atoms with Gasteiger partial charge in [0, 0.05) is 30.4 Å². The zero-order valence-electron chi connectivity index (χ0n) is 12.9. The van der Waals surface area contributed by atoms with E-state index in [4.69, 9.17) is 0 Å². The molecule has 0 atom stereocenters. The number of amides is 3. The van der Waals surface area contributed by atoms with E-state index in [9.17, 15) is 9.59 Å². The number of benzene rings is 1. The van der Waals surface area contributed by atoms with Crippen LogP contribution in [0.5, 0.6) is 0 Å². The fraction of sp³-hybridized carbons (Fsp3) is 0.500. The lowest BCUT2D eigenvalue weighted by Gasteiger charge is -2.28. The summed E-state index contributed by atoms with van der Waals surface area (Å²) in [5, 5.41) is 5.59. The first kappa shape index (κ1) is 15.4. The molecular weight excluding hydrogens is 266 g/mol. The number of nitrogens with zero attached hydrogens (tertiary/aromatic N) is 1. The van der Waals surface area contributed by atoms with Gasteiger partial charge in [0.25, 0.3) is 0 Å². The van der Waals surface area contributed by atoms with Crippen LogP contribution in [0.1, 0.15) is 38.7 Å². The molecule has 2 rings (SSSR count). The Balaban J connectivity index is 2.17. The van der Waals surface area contributed by atoms with Crippen molar-refractivity contribution in [2.75, 3.05) is 16.8 Å². The number of hydrogen-bond donors (Lipinski definition) is 2. The van der Waals surface area contributed by atoms with Crippen LogP contribution >= 0.6 is 0 Å². The lowest BCUT2D eigenvalue weighted by molar-refractivity contribution is -0.119. The van der Waals surface area contributed by atoms with E-state index in [0.717, 1.165) is 30.6 Å². The van der Waals surface area contributed by atoms with Gasteiger partial charge in [-0.05, 0) is 51.3 Å². The molecule has 5 nitrogen and oxygen atoms in total. The van der Waals surface area contributed by atoms with Gasteiger partial charge in [0.1, 0.15) is 0 Å². The van der Waals surface area contributed by atoms with Gasteiger partial charge in [0.2, 0.25) is 5.91 Å². The topological polar surface area (TPSA) is 61.4 Å². The van der Waals surface area contributed by atoms with Crippen molar-refractivity contribution < 1.29 is 9.59 Å². The van der Waals surface area contributed by atoms with Gasteiger partial charge < -0.3 is 15.5 Å². The Morgan fingerprint density at radius 1 is 1.29 bits per heavy atom. The second-order valence-electron chi connectivity index (χ2n) is 5.76. The number of carbonyl (C=O) groups excluding carboxylic acids is 2. The van der Waals surface area contributed by atoms with Crippen LogP contribution in [0.25, 0.3) is 0 Å². The third kappa shape index (κ3) is 3.97. The van der Waals surface area contributed by atoms with Crippen molar-refractivity contribution >= 4 is 23.3 Å². The van der Waals surface area contributed by atoms with Crippen LogP contribution in [-0.2, 0) is 4.79 Å². The number of anilines is 2. The van der Waals surface area contributed by atoms with Crippen LogP contribution in [0.4, 0.5) is 16.2 Å². The zero-order chi connectivity index (χ0) is 15.4. The van der Waals surface area contributed by atoms with Crippen LogP contribution in [0.2, 0.25) is 0 Å². The van der Waals surface area contributed by atoms with Crippen molar-refractivity contribution in [3.05, 3.63) is 23.8 Å². The number of nitrogens with one attached hydrogen (secondary N) is 2. The lowest BCUT2D eigenvalue weighted by atomic mass is 10.1. The summed E-state index contributed by atoms with van der Waals surface area (Å²) in [7, 11) is 0. The number of hydrogen-bond acceptors (Lipinski definition) is 2. The summed E-state index contributed by atoms with van der Waals surface area (Å²) in [6.07, 6.45) is 2.59. The molecule has 0 bridgehead atoms. The Kier molecular flexibility index (Phi) is 4.83. The van der Waals surface area contributed by atoms with E-state index < -0.39 is 0 Å². The number of piperidine rings is 1. The molecule has 0 aromatic heterocycles. The first-order valence-electron chi connectivity index (χ1n) is 7.46. The molecule has 2 N–H and O–H groups in total. The molecule has 3 amide bonds. The van der Waals surface area contributed by atoms with Gasteiger partial charge in [-0.1, -0.05) is 6.07 Å². The molecule has 0 spiro atoms. The molecular formula is C16H23N3O2. The Hall–Kier alpha value is -2.04. The Morgan fingerprint density at radius 3 is 2.71 bits per heavy atom. The minimum atomic E-state index is -0.232. The first-order valence-corrected chi connectivity index (χ1v) is 7.46. The number of urea groups is 1. The van der Waals surface area contributed by atoms with Crippen molar-refractivity contribution in [3.8, 4) is 0 Å². The summed E-state index contributed by atoms with van der Waals surface area (Å²) in [4.78, 5) is 25.6. The summed E-state index contributed by atoms with van der Waals surface area (Å²) in [5.74, 6) is 0.160. The summed E-state index contributed by atoms with van der Waals surface area (Å²) in [5.41, 5.74) is 2.63. The standard InChI is InChI=1S/C16H23N3O2/c1-11(2)17-16(21)18-13-8-7-12(3)14(10-13)19-9-5-4-6-15(19)20/h7-8,10-11H,4-6,9H2,1-3H3,(H2,17,18,21). The number of aryl methyl sites for hydroxylation is 1. The molecule has 1 aliphatic rings. The normalized spacial score (nSPS) is 15.2.